The third-order valence-electron chi connectivity index (χ3n) is 5.31. The fraction of sp³-hybridized carbons (Fsp3) is 0.471. The average molecular weight is 341 g/mol. The van der Waals surface area contributed by atoms with Crippen LogP contribution in [-0.4, -0.2) is 54.2 Å². The Balaban J connectivity index is 1.67. The Bertz CT molecular complexity index is 791. The summed E-state index contributed by atoms with van der Waals surface area (Å²) in [5.41, 5.74) is 1.13. The molecule has 1 N–H and O–H groups in total. The van der Waals surface area contributed by atoms with Crippen molar-refractivity contribution in [1.29, 1.82) is 0 Å². The maximum atomic E-state index is 13.1. The van der Waals surface area contributed by atoms with Gasteiger partial charge in [-0.05, 0) is 53.8 Å². The number of fused-ring (bicyclic) bond motifs is 1. The zero-order chi connectivity index (χ0) is 17.4. The van der Waals surface area contributed by atoms with Crippen molar-refractivity contribution in [2.75, 3.05) is 0 Å². The van der Waals surface area contributed by atoms with Gasteiger partial charge in [0.2, 0.25) is 0 Å². The summed E-state index contributed by atoms with van der Waals surface area (Å²) in [6, 6.07) is 6.26. The van der Waals surface area contributed by atoms with Gasteiger partial charge in [0.25, 0.3) is 5.91 Å². The predicted molar refractivity (Wildman–Crippen MR) is 87.1 cm³/mol. The van der Waals surface area contributed by atoms with E-state index in [0.29, 0.717) is 23.6 Å². The smallest absolute Gasteiger partial charge is 0.326 e. The average Bonchev–Trinajstić information content (AvgIpc) is 3.29. The molecule has 25 heavy (non-hydrogen) atoms. The van der Waals surface area contributed by atoms with E-state index in [2.05, 4.69) is 15.5 Å². The van der Waals surface area contributed by atoms with Gasteiger partial charge in [0.1, 0.15) is 12.4 Å². The normalized spacial score (nSPS) is 25.6. The molecule has 4 rings (SSSR count). The summed E-state index contributed by atoms with van der Waals surface area (Å²) in [6.45, 7) is 0. The molecule has 1 aliphatic heterocycles. The standard InChI is InChI=1S/C17H19N5O3/c23-16(12-5-3-6-13(8-12)21-10-18-19-20-21)22-14-7-2-1-4-11(14)9-15(22)17(24)25/h3,5-6,8,10-11,14-15H,1-2,4,7,9H2,(H,24,25)/t11-,14+,15+/m1/s1. The van der Waals surface area contributed by atoms with Crippen LogP contribution < -0.4 is 0 Å². The van der Waals surface area contributed by atoms with Crippen LogP contribution in [0, 0.1) is 5.92 Å². The first-order valence-electron chi connectivity index (χ1n) is 8.54. The molecule has 3 atom stereocenters. The topological polar surface area (TPSA) is 101 Å². The monoisotopic (exact) mass is 341 g/mol. The van der Waals surface area contributed by atoms with Gasteiger partial charge in [-0.3, -0.25) is 4.79 Å². The number of aromatic nitrogens is 4. The van der Waals surface area contributed by atoms with Crippen molar-refractivity contribution in [3.8, 4) is 5.69 Å². The molecule has 0 bridgehead atoms. The molecule has 1 aromatic heterocycles. The molecule has 1 aliphatic carbocycles. The minimum absolute atomic E-state index is 0.0269. The summed E-state index contributed by atoms with van der Waals surface area (Å²) in [4.78, 5) is 26.5. The van der Waals surface area contributed by atoms with E-state index in [0.717, 1.165) is 25.7 Å². The van der Waals surface area contributed by atoms with Gasteiger partial charge >= 0.3 is 5.97 Å². The first-order chi connectivity index (χ1) is 12.1. The van der Waals surface area contributed by atoms with Gasteiger partial charge in [-0.15, -0.1) is 5.10 Å². The van der Waals surface area contributed by atoms with Crippen LogP contribution in [-0.2, 0) is 4.79 Å². The van der Waals surface area contributed by atoms with Gasteiger partial charge in [0.05, 0.1) is 5.69 Å². The van der Waals surface area contributed by atoms with E-state index in [4.69, 9.17) is 0 Å². The van der Waals surface area contributed by atoms with Crippen molar-refractivity contribution in [3.63, 3.8) is 0 Å². The third kappa shape index (κ3) is 2.77. The fourth-order valence-electron chi connectivity index (χ4n) is 4.18. The van der Waals surface area contributed by atoms with Crippen LogP contribution in [0.1, 0.15) is 42.5 Å². The Morgan fingerprint density at radius 3 is 2.80 bits per heavy atom. The second kappa shape index (κ2) is 6.27. The number of likely N-dealkylation sites (tertiary alicyclic amines) is 1. The van der Waals surface area contributed by atoms with Crippen LogP contribution in [0.2, 0.25) is 0 Å². The largest absolute Gasteiger partial charge is 0.480 e. The highest BCUT2D eigenvalue weighted by Gasteiger charge is 2.47. The van der Waals surface area contributed by atoms with Crippen molar-refractivity contribution in [2.24, 2.45) is 5.92 Å². The zero-order valence-electron chi connectivity index (χ0n) is 13.7. The second-order valence-electron chi connectivity index (χ2n) is 6.72. The molecule has 8 nitrogen and oxygen atoms in total. The number of hydrogen-bond acceptors (Lipinski definition) is 5. The summed E-state index contributed by atoms with van der Waals surface area (Å²) in [5.74, 6) is -0.849. The Labute approximate surface area is 144 Å². The number of carboxylic acids is 1. The van der Waals surface area contributed by atoms with Crippen LogP contribution in [0.4, 0.5) is 0 Å². The number of aliphatic carboxylic acids is 1. The van der Waals surface area contributed by atoms with Gasteiger partial charge in [0, 0.05) is 11.6 Å². The van der Waals surface area contributed by atoms with Crippen LogP contribution >= 0.6 is 0 Å². The molecule has 1 saturated carbocycles. The van der Waals surface area contributed by atoms with Gasteiger partial charge in [-0.1, -0.05) is 18.9 Å². The van der Waals surface area contributed by atoms with Gasteiger partial charge in [-0.25, -0.2) is 9.48 Å². The second-order valence-corrected chi connectivity index (χ2v) is 6.72. The van der Waals surface area contributed by atoms with Crippen molar-refractivity contribution in [1.82, 2.24) is 25.1 Å². The molecule has 0 unspecified atom stereocenters. The maximum Gasteiger partial charge on any atom is 0.326 e. The number of carboxylic acid groups (broad SMARTS) is 1. The highest BCUT2D eigenvalue weighted by Crippen LogP contribution is 2.40. The Kier molecular flexibility index (Phi) is 3.95. The predicted octanol–water partition coefficient (Wildman–Crippen LogP) is 1.52. The summed E-state index contributed by atoms with van der Waals surface area (Å²) < 4.78 is 1.47. The minimum atomic E-state index is -0.917. The molecule has 130 valence electrons. The number of amides is 1. The van der Waals surface area contributed by atoms with Crippen molar-refractivity contribution < 1.29 is 14.7 Å². The quantitative estimate of drug-likeness (QED) is 0.908. The molecule has 2 fully saturated rings. The first-order valence-corrected chi connectivity index (χ1v) is 8.54. The number of hydrogen-bond donors (Lipinski definition) is 1. The maximum absolute atomic E-state index is 13.1. The van der Waals surface area contributed by atoms with Crippen molar-refractivity contribution in [2.45, 2.75) is 44.2 Å². The number of nitrogens with zero attached hydrogens (tertiary/aromatic N) is 5. The lowest BCUT2D eigenvalue weighted by molar-refractivity contribution is -0.141. The Morgan fingerprint density at radius 1 is 1.20 bits per heavy atom. The fourth-order valence-corrected chi connectivity index (χ4v) is 4.18. The molecule has 1 amide bonds. The first kappa shape index (κ1) is 15.7. The minimum Gasteiger partial charge on any atom is -0.480 e. The van der Waals surface area contributed by atoms with Crippen molar-refractivity contribution >= 4 is 11.9 Å². The van der Waals surface area contributed by atoms with E-state index in [1.807, 2.05) is 0 Å². The molecular weight excluding hydrogens is 322 g/mol. The van der Waals surface area contributed by atoms with Crippen LogP contribution in [0.15, 0.2) is 30.6 Å². The molecule has 0 spiro atoms. The van der Waals surface area contributed by atoms with Crippen LogP contribution in [0.5, 0.6) is 0 Å². The molecule has 2 aliphatic rings. The number of tetrazole rings is 1. The van der Waals surface area contributed by atoms with E-state index in [9.17, 15) is 14.7 Å². The van der Waals surface area contributed by atoms with Crippen molar-refractivity contribution in [3.05, 3.63) is 36.2 Å². The Morgan fingerprint density at radius 2 is 2.04 bits per heavy atom. The number of rotatable bonds is 3. The number of carbonyl (C=O) groups is 2. The SMILES string of the molecule is O=C(O)[C@@H]1C[C@H]2CCCC[C@@H]2N1C(=O)c1cccc(-n2cnnn2)c1. The lowest BCUT2D eigenvalue weighted by Crippen LogP contribution is -2.46. The molecule has 1 aromatic carbocycles. The van der Waals surface area contributed by atoms with Gasteiger partial charge in [-0.2, -0.15) is 0 Å². The van der Waals surface area contributed by atoms with E-state index in [1.165, 1.54) is 11.0 Å². The molecular formula is C17H19N5O3. The zero-order valence-corrected chi connectivity index (χ0v) is 13.7. The molecule has 8 heteroatoms. The molecule has 1 saturated heterocycles. The lowest BCUT2D eigenvalue weighted by atomic mass is 9.84. The molecule has 2 aromatic rings. The van der Waals surface area contributed by atoms with Crippen LogP contribution in [0.3, 0.4) is 0 Å². The molecule has 0 radical (unpaired) electrons. The molecule has 2 heterocycles. The van der Waals surface area contributed by atoms with Gasteiger partial charge in [0.15, 0.2) is 0 Å². The van der Waals surface area contributed by atoms with E-state index >= 15 is 0 Å². The highest BCUT2D eigenvalue weighted by atomic mass is 16.4. The lowest BCUT2D eigenvalue weighted by Gasteiger charge is -2.33. The number of carbonyl (C=O) groups excluding carboxylic acids is 1. The highest BCUT2D eigenvalue weighted by molar-refractivity contribution is 5.97. The number of benzene rings is 1. The summed E-state index contributed by atoms with van der Waals surface area (Å²) in [5, 5.41) is 20.6. The summed E-state index contributed by atoms with van der Waals surface area (Å²) in [7, 11) is 0. The van der Waals surface area contributed by atoms with Gasteiger partial charge < -0.3 is 10.0 Å². The van der Waals surface area contributed by atoms with E-state index in [-0.39, 0.29) is 11.9 Å². The van der Waals surface area contributed by atoms with E-state index in [1.54, 1.807) is 29.2 Å². The van der Waals surface area contributed by atoms with E-state index < -0.39 is 12.0 Å². The Hall–Kier alpha value is -2.77. The third-order valence-corrected chi connectivity index (χ3v) is 5.31. The van der Waals surface area contributed by atoms with Crippen LogP contribution in [0.25, 0.3) is 5.69 Å². The summed E-state index contributed by atoms with van der Waals surface area (Å²) >= 11 is 0. The summed E-state index contributed by atoms with van der Waals surface area (Å²) in [6.07, 6.45) is 6.05.